The Kier molecular flexibility index (Phi) is 5.04. The fraction of sp³-hybridized carbons (Fsp3) is 0.923. The summed E-state index contributed by atoms with van der Waals surface area (Å²) in [4.78, 5) is 2.36. The molecule has 2 aliphatic rings. The average molecular weight is 256 g/mol. The van der Waals surface area contributed by atoms with E-state index in [-0.39, 0.29) is 0 Å². The highest BCUT2D eigenvalue weighted by Crippen LogP contribution is 2.16. The quantitative estimate of drug-likeness (QED) is 0.766. The molecule has 0 aromatic heterocycles. The monoisotopic (exact) mass is 256 g/mol. The van der Waals surface area contributed by atoms with Gasteiger partial charge in [-0.3, -0.25) is 0 Å². The summed E-state index contributed by atoms with van der Waals surface area (Å²) in [6.07, 6.45) is 7.95. The molecule has 0 radical (unpaired) electrons. The van der Waals surface area contributed by atoms with Crippen LogP contribution >= 0.6 is 12.2 Å². The SMILES string of the molecule is CC1CCCCCN1C(=S)NCC1CCCO1. The molecule has 0 aliphatic carbocycles. The molecule has 0 aromatic carbocycles. The van der Waals surface area contributed by atoms with Crippen LogP contribution in [-0.2, 0) is 4.74 Å². The van der Waals surface area contributed by atoms with Crippen LogP contribution < -0.4 is 5.32 Å². The average Bonchev–Trinajstić information content (AvgIpc) is 2.75. The highest BCUT2D eigenvalue weighted by atomic mass is 32.1. The van der Waals surface area contributed by atoms with Gasteiger partial charge in [-0.1, -0.05) is 12.8 Å². The summed E-state index contributed by atoms with van der Waals surface area (Å²) >= 11 is 5.51. The Morgan fingerprint density at radius 2 is 2.18 bits per heavy atom. The highest BCUT2D eigenvalue weighted by molar-refractivity contribution is 7.80. The topological polar surface area (TPSA) is 24.5 Å². The van der Waals surface area contributed by atoms with Crippen LogP contribution in [0.25, 0.3) is 0 Å². The third-order valence-corrected chi connectivity index (χ3v) is 4.20. The van der Waals surface area contributed by atoms with Crippen molar-refractivity contribution in [2.24, 2.45) is 0 Å². The lowest BCUT2D eigenvalue weighted by Gasteiger charge is -2.30. The maximum Gasteiger partial charge on any atom is 0.169 e. The van der Waals surface area contributed by atoms with Gasteiger partial charge in [0.25, 0.3) is 0 Å². The molecule has 2 heterocycles. The minimum atomic E-state index is 0.371. The molecule has 98 valence electrons. The molecule has 3 nitrogen and oxygen atoms in total. The van der Waals surface area contributed by atoms with Crippen LogP contribution in [0.3, 0.4) is 0 Å². The molecule has 0 aromatic rings. The van der Waals surface area contributed by atoms with Crippen LogP contribution in [0.5, 0.6) is 0 Å². The van der Waals surface area contributed by atoms with Crippen LogP contribution in [0.1, 0.15) is 45.4 Å². The highest BCUT2D eigenvalue weighted by Gasteiger charge is 2.21. The van der Waals surface area contributed by atoms with Gasteiger partial charge in [-0.25, -0.2) is 0 Å². The number of hydrogen-bond donors (Lipinski definition) is 1. The van der Waals surface area contributed by atoms with Gasteiger partial charge < -0.3 is 15.0 Å². The first-order valence-corrected chi connectivity index (χ1v) is 7.34. The van der Waals surface area contributed by atoms with E-state index in [9.17, 15) is 0 Å². The molecule has 2 fully saturated rings. The van der Waals surface area contributed by atoms with Crippen LogP contribution in [0, 0.1) is 0 Å². The van der Waals surface area contributed by atoms with Gasteiger partial charge in [-0.15, -0.1) is 0 Å². The molecule has 4 heteroatoms. The zero-order chi connectivity index (χ0) is 12.1. The van der Waals surface area contributed by atoms with E-state index >= 15 is 0 Å². The Bertz CT molecular complexity index is 254. The van der Waals surface area contributed by atoms with Gasteiger partial charge in [0.05, 0.1) is 6.10 Å². The standard InChI is InChI=1S/C13H24N2OS/c1-11-6-3-2-4-8-15(11)13(17)14-10-12-7-5-9-16-12/h11-12H,2-10H2,1H3,(H,14,17). The second-order valence-electron chi connectivity index (χ2n) is 5.21. The maximum absolute atomic E-state index is 5.60. The molecular formula is C13H24N2OS. The molecule has 2 atom stereocenters. The van der Waals surface area contributed by atoms with Crippen LogP contribution in [0.2, 0.25) is 0 Å². The number of hydrogen-bond acceptors (Lipinski definition) is 2. The molecule has 1 N–H and O–H groups in total. The number of nitrogens with zero attached hydrogens (tertiary/aromatic N) is 1. The van der Waals surface area contributed by atoms with Gasteiger partial charge in [0.1, 0.15) is 0 Å². The minimum absolute atomic E-state index is 0.371. The van der Waals surface area contributed by atoms with Crippen molar-refractivity contribution in [3.63, 3.8) is 0 Å². The van der Waals surface area contributed by atoms with E-state index in [0.29, 0.717) is 12.1 Å². The second-order valence-corrected chi connectivity index (χ2v) is 5.60. The Hall–Kier alpha value is -0.350. The number of thiocarbonyl (C=S) groups is 1. The molecule has 2 unspecified atom stereocenters. The van der Waals surface area contributed by atoms with Crippen molar-refractivity contribution in [3.8, 4) is 0 Å². The number of likely N-dealkylation sites (tertiary alicyclic amines) is 1. The first-order chi connectivity index (χ1) is 8.27. The van der Waals surface area contributed by atoms with E-state index < -0.39 is 0 Å². The molecule has 2 saturated heterocycles. The van der Waals surface area contributed by atoms with E-state index in [4.69, 9.17) is 17.0 Å². The van der Waals surface area contributed by atoms with Crippen molar-refractivity contribution in [3.05, 3.63) is 0 Å². The van der Waals surface area contributed by atoms with Crippen LogP contribution in [0.15, 0.2) is 0 Å². The number of rotatable bonds is 2. The lowest BCUT2D eigenvalue weighted by Crippen LogP contribution is -2.46. The van der Waals surface area contributed by atoms with E-state index in [2.05, 4.69) is 17.1 Å². The molecule has 17 heavy (non-hydrogen) atoms. The Labute approximate surface area is 110 Å². The van der Waals surface area contributed by atoms with Crippen molar-refractivity contribution >= 4 is 17.3 Å². The molecule has 2 rings (SSSR count). The number of ether oxygens (including phenoxy) is 1. The fourth-order valence-corrected chi connectivity index (χ4v) is 3.04. The normalized spacial score (nSPS) is 30.1. The van der Waals surface area contributed by atoms with Crippen LogP contribution in [-0.4, -0.2) is 41.9 Å². The van der Waals surface area contributed by atoms with E-state index in [0.717, 1.165) is 24.8 Å². The molecule has 0 saturated carbocycles. The zero-order valence-electron chi connectivity index (χ0n) is 10.8. The minimum Gasteiger partial charge on any atom is -0.376 e. The predicted octanol–water partition coefficient (Wildman–Crippen LogP) is 2.30. The summed E-state index contributed by atoms with van der Waals surface area (Å²) in [5.74, 6) is 0. The number of nitrogens with one attached hydrogen (secondary N) is 1. The molecular weight excluding hydrogens is 232 g/mol. The van der Waals surface area contributed by atoms with E-state index in [1.54, 1.807) is 0 Å². The first-order valence-electron chi connectivity index (χ1n) is 6.93. The Morgan fingerprint density at radius 1 is 1.29 bits per heavy atom. The van der Waals surface area contributed by atoms with Crippen LogP contribution in [0.4, 0.5) is 0 Å². The summed E-state index contributed by atoms with van der Waals surface area (Å²) in [5.41, 5.74) is 0. The summed E-state index contributed by atoms with van der Waals surface area (Å²) < 4.78 is 5.60. The lowest BCUT2D eigenvalue weighted by molar-refractivity contribution is 0.113. The summed E-state index contributed by atoms with van der Waals surface area (Å²) in [7, 11) is 0. The van der Waals surface area contributed by atoms with Crippen molar-refractivity contribution in [1.82, 2.24) is 10.2 Å². The smallest absolute Gasteiger partial charge is 0.169 e. The Balaban J connectivity index is 1.76. The van der Waals surface area contributed by atoms with Crippen molar-refractivity contribution in [1.29, 1.82) is 0 Å². The predicted molar refractivity (Wildman–Crippen MR) is 74.2 cm³/mol. The van der Waals surface area contributed by atoms with Crippen molar-refractivity contribution in [2.75, 3.05) is 19.7 Å². The van der Waals surface area contributed by atoms with E-state index in [1.807, 2.05) is 0 Å². The Morgan fingerprint density at radius 3 is 2.94 bits per heavy atom. The first kappa shape index (κ1) is 13.1. The second kappa shape index (κ2) is 6.55. The maximum atomic E-state index is 5.60. The lowest BCUT2D eigenvalue weighted by atomic mass is 10.1. The summed E-state index contributed by atoms with van der Waals surface area (Å²) in [6.45, 7) is 5.19. The van der Waals surface area contributed by atoms with Crippen molar-refractivity contribution < 1.29 is 4.74 Å². The third-order valence-electron chi connectivity index (χ3n) is 3.82. The van der Waals surface area contributed by atoms with Gasteiger partial charge in [0.15, 0.2) is 5.11 Å². The van der Waals surface area contributed by atoms with Crippen molar-refractivity contribution in [2.45, 2.75) is 57.6 Å². The summed E-state index contributed by atoms with van der Waals surface area (Å²) in [5, 5.41) is 4.31. The molecule has 0 spiro atoms. The molecule has 2 aliphatic heterocycles. The van der Waals surface area contributed by atoms with Gasteiger partial charge in [-0.2, -0.15) is 0 Å². The zero-order valence-corrected chi connectivity index (χ0v) is 11.6. The van der Waals surface area contributed by atoms with E-state index in [1.165, 1.54) is 38.5 Å². The molecule has 0 amide bonds. The molecule has 0 bridgehead atoms. The fourth-order valence-electron chi connectivity index (χ4n) is 2.68. The van der Waals surface area contributed by atoms with Gasteiger partial charge in [0.2, 0.25) is 0 Å². The van der Waals surface area contributed by atoms with Gasteiger partial charge >= 0.3 is 0 Å². The largest absolute Gasteiger partial charge is 0.376 e. The van der Waals surface area contributed by atoms with Gasteiger partial charge in [-0.05, 0) is 44.8 Å². The third kappa shape index (κ3) is 3.81. The summed E-state index contributed by atoms with van der Waals surface area (Å²) in [6, 6.07) is 0.585. The van der Waals surface area contributed by atoms with Gasteiger partial charge in [0, 0.05) is 25.7 Å².